The zero-order valence-corrected chi connectivity index (χ0v) is 21.0. The van der Waals surface area contributed by atoms with Crippen LogP contribution in [0.5, 0.6) is 0 Å². The van der Waals surface area contributed by atoms with Gasteiger partial charge in [0.25, 0.3) is 5.56 Å². The predicted molar refractivity (Wildman–Crippen MR) is 131 cm³/mol. The fourth-order valence-electron chi connectivity index (χ4n) is 5.18. The number of H-pyrrole nitrogens is 1. The third-order valence-electron chi connectivity index (χ3n) is 7.07. The largest absolute Gasteiger partial charge is 0.465 e. The molecule has 1 amide bonds. The molecule has 2 aromatic heterocycles. The highest BCUT2D eigenvalue weighted by Crippen LogP contribution is 2.39. The number of benzene rings is 1. The Hall–Kier alpha value is -4.10. The summed E-state index contributed by atoms with van der Waals surface area (Å²) in [6.07, 6.45) is -3.78. The molecule has 2 aliphatic rings. The predicted octanol–water partition coefficient (Wildman–Crippen LogP) is 2.92. The summed E-state index contributed by atoms with van der Waals surface area (Å²) < 4.78 is 65.8. The Morgan fingerprint density at radius 2 is 1.97 bits per heavy atom. The van der Waals surface area contributed by atoms with Crippen molar-refractivity contribution in [3.05, 3.63) is 46.4 Å². The topological polar surface area (TPSA) is 164 Å². The molecule has 4 heterocycles. The molecular weight excluding hydrogens is 543 g/mol. The summed E-state index contributed by atoms with van der Waals surface area (Å²) in [6, 6.07) is 7.71. The standard InChI is InChI=1S/C23H22F3N7O5S/c24-23(25,26)13-32-12-14-11-15(1-2-17(14)39(32,37)38)29-19-18-16(3-8-28-20(18)34)33(30-19)22(4-7-27)5-9-31(10-6-22)21(35)36/h1-3,8,11H,4-6,9-10,12-13H2,(H,28,34)(H,29,30)(H,35,36). The molecule has 12 nitrogen and oxygen atoms in total. The highest BCUT2D eigenvalue weighted by Gasteiger charge is 2.43. The number of sulfonamides is 1. The Morgan fingerprint density at radius 1 is 1.26 bits per heavy atom. The van der Waals surface area contributed by atoms with Gasteiger partial charge in [-0.3, -0.25) is 9.48 Å². The summed E-state index contributed by atoms with van der Waals surface area (Å²) in [5.74, 6) is 0.0952. The average Bonchev–Trinajstić information content (AvgIpc) is 3.34. The second-order valence-electron chi connectivity index (χ2n) is 9.49. The molecular formula is C23H22F3N7O5S. The zero-order valence-electron chi connectivity index (χ0n) is 20.2. The number of fused-ring (bicyclic) bond motifs is 2. The van der Waals surface area contributed by atoms with E-state index in [0.717, 1.165) is 0 Å². The van der Waals surface area contributed by atoms with Crippen molar-refractivity contribution in [2.45, 2.75) is 42.4 Å². The van der Waals surface area contributed by atoms with Crippen LogP contribution in [-0.2, 0) is 22.1 Å². The molecule has 2 aliphatic heterocycles. The van der Waals surface area contributed by atoms with Crippen LogP contribution in [0, 0.1) is 11.3 Å². The zero-order chi connectivity index (χ0) is 28.2. The summed E-state index contributed by atoms with van der Waals surface area (Å²) in [5, 5.41) is 26.7. The molecule has 0 aliphatic carbocycles. The minimum absolute atomic E-state index is 0.00915. The van der Waals surface area contributed by atoms with Crippen LogP contribution in [0.25, 0.3) is 10.9 Å². The maximum absolute atomic E-state index is 12.9. The number of nitrogens with zero attached hydrogens (tertiary/aromatic N) is 5. The van der Waals surface area contributed by atoms with Crippen LogP contribution < -0.4 is 10.9 Å². The number of anilines is 2. The van der Waals surface area contributed by atoms with E-state index in [0.29, 0.717) is 15.5 Å². The number of piperidine rings is 1. The van der Waals surface area contributed by atoms with E-state index in [9.17, 15) is 41.5 Å². The van der Waals surface area contributed by atoms with Crippen molar-refractivity contribution in [1.29, 1.82) is 5.26 Å². The van der Waals surface area contributed by atoms with E-state index in [1.54, 1.807) is 10.7 Å². The van der Waals surface area contributed by atoms with Gasteiger partial charge in [-0.2, -0.15) is 27.8 Å². The van der Waals surface area contributed by atoms with Crippen LogP contribution in [0.3, 0.4) is 0 Å². The van der Waals surface area contributed by atoms with E-state index in [1.807, 2.05) is 0 Å². The molecule has 1 saturated heterocycles. The second-order valence-corrected chi connectivity index (χ2v) is 11.4. The number of hydrogen-bond donors (Lipinski definition) is 3. The lowest BCUT2D eigenvalue weighted by Crippen LogP contribution is -2.48. The summed E-state index contributed by atoms with van der Waals surface area (Å²) in [6.45, 7) is -1.75. The van der Waals surface area contributed by atoms with E-state index < -0.39 is 46.5 Å². The monoisotopic (exact) mass is 565 g/mol. The summed E-state index contributed by atoms with van der Waals surface area (Å²) >= 11 is 0. The molecule has 0 unspecified atom stereocenters. The van der Waals surface area contributed by atoms with E-state index in [1.165, 1.54) is 29.3 Å². The molecule has 1 fully saturated rings. The third-order valence-corrected chi connectivity index (χ3v) is 8.96. The lowest BCUT2D eigenvalue weighted by Gasteiger charge is -2.40. The van der Waals surface area contributed by atoms with Crippen LogP contribution in [0.4, 0.5) is 29.5 Å². The van der Waals surface area contributed by atoms with Gasteiger partial charge in [-0.1, -0.05) is 0 Å². The van der Waals surface area contributed by atoms with Gasteiger partial charge >= 0.3 is 12.3 Å². The van der Waals surface area contributed by atoms with Gasteiger partial charge < -0.3 is 20.3 Å². The number of likely N-dealkylation sites (tertiary alicyclic amines) is 1. The maximum Gasteiger partial charge on any atom is 0.407 e. The van der Waals surface area contributed by atoms with E-state index in [-0.39, 0.29) is 54.0 Å². The first-order valence-electron chi connectivity index (χ1n) is 11.8. The highest BCUT2D eigenvalue weighted by atomic mass is 32.2. The molecule has 206 valence electrons. The molecule has 0 spiro atoms. The van der Waals surface area contributed by atoms with Crippen molar-refractivity contribution < 1.29 is 31.5 Å². The Balaban J connectivity index is 1.53. The van der Waals surface area contributed by atoms with Crippen LogP contribution in [-0.4, -0.2) is 69.4 Å². The van der Waals surface area contributed by atoms with Crippen molar-refractivity contribution in [3.63, 3.8) is 0 Å². The minimum atomic E-state index is -4.71. The average molecular weight is 566 g/mol. The lowest BCUT2D eigenvalue weighted by molar-refractivity contribution is -0.136. The minimum Gasteiger partial charge on any atom is -0.465 e. The van der Waals surface area contributed by atoms with Gasteiger partial charge in [0.1, 0.15) is 11.9 Å². The molecule has 0 radical (unpaired) electrons. The summed E-state index contributed by atoms with van der Waals surface area (Å²) in [4.78, 5) is 27.8. The first-order chi connectivity index (χ1) is 18.3. The fourth-order valence-corrected chi connectivity index (χ4v) is 6.77. The smallest absolute Gasteiger partial charge is 0.407 e. The van der Waals surface area contributed by atoms with Gasteiger partial charge in [0.05, 0.1) is 28.4 Å². The molecule has 16 heteroatoms. The number of rotatable bonds is 5. The molecule has 0 atom stereocenters. The van der Waals surface area contributed by atoms with Crippen molar-refractivity contribution in [2.24, 2.45) is 0 Å². The molecule has 3 N–H and O–H groups in total. The Kier molecular flexibility index (Phi) is 6.30. The van der Waals surface area contributed by atoms with Crippen molar-refractivity contribution in [2.75, 3.05) is 25.0 Å². The van der Waals surface area contributed by atoms with Gasteiger partial charge in [0.2, 0.25) is 10.0 Å². The number of carboxylic acid groups (broad SMARTS) is 1. The number of alkyl halides is 3. The Morgan fingerprint density at radius 3 is 2.62 bits per heavy atom. The first-order valence-corrected chi connectivity index (χ1v) is 13.2. The third kappa shape index (κ3) is 4.68. The van der Waals surface area contributed by atoms with Gasteiger partial charge in [0.15, 0.2) is 5.82 Å². The Bertz CT molecular complexity index is 1670. The number of nitrogens with one attached hydrogen (secondary N) is 2. The molecule has 5 rings (SSSR count). The lowest BCUT2D eigenvalue weighted by atomic mass is 9.85. The van der Waals surface area contributed by atoms with Gasteiger partial charge in [-0.05, 0) is 42.7 Å². The molecule has 3 aromatic rings. The van der Waals surface area contributed by atoms with Gasteiger partial charge in [0, 0.05) is 31.5 Å². The molecule has 39 heavy (non-hydrogen) atoms. The van der Waals surface area contributed by atoms with Crippen LogP contribution in [0.15, 0.2) is 40.2 Å². The van der Waals surface area contributed by atoms with Crippen molar-refractivity contribution >= 4 is 38.5 Å². The van der Waals surface area contributed by atoms with Gasteiger partial charge in [-0.15, -0.1) is 0 Å². The first kappa shape index (κ1) is 26.5. The summed E-state index contributed by atoms with van der Waals surface area (Å²) in [7, 11) is -4.31. The molecule has 0 saturated carbocycles. The van der Waals surface area contributed by atoms with Crippen molar-refractivity contribution in [3.8, 4) is 6.07 Å². The van der Waals surface area contributed by atoms with Crippen molar-refractivity contribution in [1.82, 2.24) is 24.0 Å². The highest BCUT2D eigenvalue weighted by molar-refractivity contribution is 7.89. The molecule has 1 aromatic carbocycles. The number of amides is 1. The van der Waals surface area contributed by atoms with Crippen LogP contribution >= 0.6 is 0 Å². The number of carbonyl (C=O) groups is 1. The van der Waals surface area contributed by atoms with Crippen LogP contribution in [0.1, 0.15) is 24.8 Å². The van der Waals surface area contributed by atoms with Gasteiger partial charge in [-0.25, -0.2) is 13.2 Å². The molecule has 0 bridgehead atoms. The number of halogens is 3. The number of pyridine rings is 1. The van der Waals surface area contributed by atoms with E-state index in [4.69, 9.17) is 0 Å². The number of hydrogen-bond acceptors (Lipinski definition) is 7. The SMILES string of the molecule is N#CCC1(n2nc(Nc3ccc4c(c3)CN(CC(F)(F)F)S4(=O)=O)c3c(=O)[nH]ccc32)CCN(C(=O)O)CC1. The summed E-state index contributed by atoms with van der Waals surface area (Å²) in [5.41, 5.74) is -0.528. The van der Waals surface area contributed by atoms with Crippen LogP contribution in [0.2, 0.25) is 0 Å². The Labute approximate surface area is 219 Å². The fraction of sp³-hybridized carbons (Fsp3) is 0.391. The number of nitriles is 1. The number of aromatic nitrogens is 3. The maximum atomic E-state index is 12.9. The quantitative estimate of drug-likeness (QED) is 0.425. The normalized spacial score (nSPS) is 18.6. The van der Waals surface area contributed by atoms with E-state index >= 15 is 0 Å². The number of aromatic amines is 1. The second kappa shape index (κ2) is 9.27. The van der Waals surface area contributed by atoms with E-state index in [2.05, 4.69) is 21.5 Å².